The van der Waals surface area contributed by atoms with E-state index in [4.69, 9.17) is 20.4 Å². The first-order valence-electron chi connectivity index (χ1n) is 8.21. The van der Waals surface area contributed by atoms with Crippen molar-refractivity contribution < 1.29 is 37.4 Å². The van der Waals surface area contributed by atoms with E-state index in [1.807, 2.05) is 52.9 Å². The normalized spacial score (nSPS) is 12.2. The maximum absolute atomic E-state index is 12.1. The Morgan fingerprint density at radius 1 is 1.30 bits per heavy atom. The van der Waals surface area contributed by atoms with Gasteiger partial charge in [-0.05, 0) is 16.4 Å². The summed E-state index contributed by atoms with van der Waals surface area (Å²) in [4.78, 5) is 32.7. The average molecular weight is 560 g/mol. The lowest BCUT2D eigenvalue weighted by molar-refractivity contribution is -0.192. The molecule has 1 aromatic carbocycles. The smallest absolute Gasteiger partial charge is 0.475 e. The van der Waals surface area contributed by atoms with Gasteiger partial charge in [-0.2, -0.15) is 24.9 Å². The number of thioether (sulfide) groups is 1. The highest BCUT2D eigenvalue weighted by atomic mass is 127. The third-order valence-electron chi connectivity index (χ3n) is 3.01. The number of ether oxygens (including phenoxy) is 1. The van der Waals surface area contributed by atoms with Crippen molar-refractivity contribution in [2.24, 2.45) is 5.73 Å². The van der Waals surface area contributed by atoms with E-state index in [0.29, 0.717) is 5.75 Å². The number of carbonyl (C=O) groups is 3. The van der Waals surface area contributed by atoms with E-state index in [0.717, 1.165) is 11.3 Å². The fourth-order valence-corrected chi connectivity index (χ4v) is 2.73. The second kappa shape index (κ2) is 14.9. The zero-order chi connectivity index (χ0) is 23.2. The van der Waals surface area contributed by atoms with E-state index in [1.165, 1.54) is 0 Å². The summed E-state index contributed by atoms with van der Waals surface area (Å²) in [6, 6.07) is 8.47. The molecule has 0 aliphatic carbocycles. The number of hydrogen-bond donors (Lipinski definition) is 3. The van der Waals surface area contributed by atoms with Crippen LogP contribution in [0.2, 0.25) is 0 Å². The molecule has 0 radical (unpaired) electrons. The van der Waals surface area contributed by atoms with Crippen molar-refractivity contribution in [3.8, 4) is 9.85 Å². The third kappa shape index (κ3) is 13.3. The number of carbonyl (C=O) groups excluding carboxylic acids is 2. The molecule has 0 saturated heterocycles. The van der Waals surface area contributed by atoms with Crippen LogP contribution in [0.4, 0.5) is 13.2 Å². The highest BCUT2D eigenvalue weighted by Gasteiger charge is 2.38. The first-order chi connectivity index (χ1) is 14.0. The second-order valence-corrected chi connectivity index (χ2v) is 7.10. The van der Waals surface area contributed by atoms with E-state index < -0.39 is 30.2 Å². The minimum Gasteiger partial charge on any atom is -0.475 e. The Kier molecular flexibility index (Phi) is 13.9. The van der Waals surface area contributed by atoms with Crippen molar-refractivity contribution in [2.45, 2.75) is 30.9 Å². The predicted molar refractivity (Wildman–Crippen MR) is 115 cm³/mol. The standard InChI is InChI=1S/C16H19IN2O3S.C2HF3O2/c1-12(18)15(20)19-14(16(21)22-9-5-8-17)11-23-10-13-6-3-2-4-7-13;3-2(4,5)1(6)7/h2-4,6-7,12,14H,9-11,18H2,1H3,(H,19,20);(H,6,7)/t12-,14-;/m0./s1. The lowest BCUT2D eigenvalue weighted by atomic mass is 10.2. The molecule has 7 nitrogen and oxygen atoms in total. The van der Waals surface area contributed by atoms with Crippen LogP contribution >= 0.6 is 34.4 Å². The van der Waals surface area contributed by atoms with E-state index in [2.05, 4.69) is 15.2 Å². The first-order valence-corrected chi connectivity index (χ1v) is 10.4. The molecule has 4 N–H and O–H groups in total. The van der Waals surface area contributed by atoms with Gasteiger partial charge in [0, 0.05) is 34.1 Å². The predicted octanol–water partition coefficient (Wildman–Crippen LogP) is 2.32. The first kappa shape index (κ1) is 28.0. The van der Waals surface area contributed by atoms with Crippen LogP contribution in [0.5, 0.6) is 0 Å². The minimum absolute atomic E-state index is 0.00960. The number of hydrogen-bond acceptors (Lipinski definition) is 6. The van der Waals surface area contributed by atoms with Gasteiger partial charge >= 0.3 is 18.1 Å². The largest absolute Gasteiger partial charge is 0.490 e. The number of halogens is 4. The van der Waals surface area contributed by atoms with Crippen LogP contribution in [0.1, 0.15) is 12.5 Å². The fourth-order valence-electron chi connectivity index (χ4n) is 1.58. The van der Waals surface area contributed by atoms with Crippen molar-refractivity contribution >= 4 is 52.2 Å². The molecular weight excluding hydrogens is 540 g/mol. The number of rotatable bonds is 8. The summed E-state index contributed by atoms with van der Waals surface area (Å²) in [7, 11) is 0. The molecule has 1 rings (SSSR count). The second-order valence-electron chi connectivity index (χ2n) is 5.53. The molecule has 0 unspecified atom stereocenters. The Morgan fingerprint density at radius 3 is 2.33 bits per heavy atom. The Balaban J connectivity index is 0.00000103. The lowest BCUT2D eigenvalue weighted by Crippen LogP contribution is -2.49. The van der Waals surface area contributed by atoms with Crippen LogP contribution in [0.15, 0.2) is 30.3 Å². The van der Waals surface area contributed by atoms with Crippen LogP contribution < -0.4 is 11.1 Å². The van der Waals surface area contributed by atoms with Gasteiger partial charge in [-0.25, -0.2) is 9.59 Å². The van der Waals surface area contributed by atoms with Crippen LogP contribution in [-0.2, 0) is 24.9 Å². The molecule has 0 aliphatic heterocycles. The van der Waals surface area contributed by atoms with Crippen molar-refractivity contribution in [3.05, 3.63) is 35.9 Å². The van der Waals surface area contributed by atoms with Crippen molar-refractivity contribution in [3.63, 3.8) is 0 Å². The number of carboxylic acids is 1. The van der Waals surface area contributed by atoms with Crippen molar-refractivity contribution in [1.82, 2.24) is 5.32 Å². The fraction of sp³-hybridized carbons (Fsp3) is 0.389. The van der Waals surface area contributed by atoms with Gasteiger partial charge in [0.1, 0.15) is 6.04 Å². The van der Waals surface area contributed by atoms with Crippen LogP contribution in [0, 0.1) is 9.85 Å². The number of amides is 1. The molecule has 0 aromatic heterocycles. The highest BCUT2D eigenvalue weighted by molar-refractivity contribution is 14.1. The Bertz CT molecular complexity index is 752. The van der Waals surface area contributed by atoms with Gasteiger partial charge in [-0.15, -0.1) is 0 Å². The Labute approximate surface area is 189 Å². The van der Waals surface area contributed by atoms with Gasteiger partial charge in [-0.1, -0.05) is 36.3 Å². The van der Waals surface area contributed by atoms with Crippen LogP contribution in [0.3, 0.4) is 0 Å². The number of nitrogens with two attached hydrogens (primary N) is 1. The summed E-state index contributed by atoms with van der Waals surface area (Å²) in [6.45, 7) is 1.58. The molecule has 0 fully saturated rings. The number of aliphatic carboxylic acids is 1. The number of benzene rings is 1. The summed E-state index contributed by atoms with van der Waals surface area (Å²) in [5.74, 6) is 0.150. The zero-order valence-corrected chi connectivity index (χ0v) is 18.7. The maximum Gasteiger partial charge on any atom is 0.490 e. The molecule has 2 atom stereocenters. The molecule has 30 heavy (non-hydrogen) atoms. The van der Waals surface area contributed by atoms with Crippen LogP contribution in [0.25, 0.3) is 0 Å². The van der Waals surface area contributed by atoms with E-state index >= 15 is 0 Å². The number of carboxylic acid groups (broad SMARTS) is 1. The van der Waals surface area contributed by atoms with Gasteiger partial charge in [0.25, 0.3) is 0 Å². The minimum atomic E-state index is -5.08. The summed E-state index contributed by atoms with van der Waals surface area (Å²) in [5.41, 5.74) is 6.68. The van der Waals surface area contributed by atoms with Gasteiger partial charge in [0.15, 0.2) is 6.61 Å². The van der Waals surface area contributed by atoms with E-state index in [9.17, 15) is 22.8 Å². The molecule has 0 bridgehead atoms. The lowest BCUT2D eigenvalue weighted by Gasteiger charge is -2.18. The van der Waals surface area contributed by atoms with Gasteiger partial charge in [0.2, 0.25) is 5.91 Å². The molecule has 1 amide bonds. The third-order valence-corrected chi connectivity index (χ3v) is 4.49. The van der Waals surface area contributed by atoms with E-state index in [1.54, 1.807) is 18.7 Å². The van der Waals surface area contributed by atoms with Gasteiger partial charge in [-0.3, -0.25) is 4.79 Å². The van der Waals surface area contributed by atoms with E-state index in [-0.39, 0.29) is 12.5 Å². The van der Waals surface area contributed by atoms with Crippen molar-refractivity contribution in [2.75, 3.05) is 12.4 Å². The zero-order valence-electron chi connectivity index (χ0n) is 15.7. The quantitative estimate of drug-likeness (QED) is 0.254. The molecule has 0 heterocycles. The van der Waals surface area contributed by atoms with Gasteiger partial charge in [0.05, 0.1) is 6.04 Å². The highest BCUT2D eigenvalue weighted by Crippen LogP contribution is 2.14. The number of esters is 1. The topological polar surface area (TPSA) is 119 Å². The molecule has 12 heteroatoms. The summed E-state index contributed by atoms with van der Waals surface area (Å²) < 4.78 is 39.4. The Morgan fingerprint density at radius 2 is 1.87 bits per heavy atom. The summed E-state index contributed by atoms with van der Waals surface area (Å²) in [5, 5.41) is 9.75. The summed E-state index contributed by atoms with van der Waals surface area (Å²) in [6.07, 6.45) is -5.08. The molecule has 1 aromatic rings. The average Bonchev–Trinajstić information content (AvgIpc) is 2.67. The molecular formula is C18H20F3IN2O5S. The molecule has 0 spiro atoms. The molecule has 0 saturated carbocycles. The molecule has 0 aliphatic rings. The monoisotopic (exact) mass is 560 g/mol. The van der Waals surface area contributed by atoms with Crippen molar-refractivity contribution in [1.29, 1.82) is 0 Å². The van der Waals surface area contributed by atoms with Gasteiger partial charge < -0.3 is 20.9 Å². The number of alkyl halides is 3. The summed E-state index contributed by atoms with van der Waals surface area (Å²) >= 11 is 3.41. The SMILES string of the molecule is C[C@H](N)C(=O)N[C@@H](CSCc1ccccc1)C(=O)OCC#CI.O=C(O)C(F)(F)F. The maximum atomic E-state index is 12.1. The van der Waals surface area contributed by atoms with Crippen LogP contribution in [-0.4, -0.2) is 53.6 Å². The molecule has 166 valence electrons. The Hall–Kier alpha value is -1.98. The number of nitrogens with one attached hydrogen (secondary N) is 1.